The van der Waals surface area contributed by atoms with Crippen molar-refractivity contribution in [3.63, 3.8) is 0 Å². The summed E-state index contributed by atoms with van der Waals surface area (Å²) in [6.07, 6.45) is 2.09. The number of nitrogens with zero attached hydrogens (tertiary/aromatic N) is 2. The second-order valence-corrected chi connectivity index (χ2v) is 5.58. The zero-order valence-corrected chi connectivity index (χ0v) is 12.3. The first-order chi connectivity index (χ1) is 9.79. The molecule has 20 heavy (non-hydrogen) atoms. The highest BCUT2D eigenvalue weighted by molar-refractivity contribution is 5.81. The lowest BCUT2D eigenvalue weighted by atomic mass is 9.90. The van der Waals surface area contributed by atoms with Gasteiger partial charge in [-0.25, -0.2) is 0 Å². The number of fused-ring (bicyclic) bond motifs is 1. The number of rotatable bonds is 4. The minimum atomic E-state index is 0.516. The van der Waals surface area contributed by atoms with Crippen molar-refractivity contribution >= 4 is 10.9 Å². The molecular weight excluding hydrogens is 250 g/mol. The van der Waals surface area contributed by atoms with Gasteiger partial charge in [-0.2, -0.15) is 5.10 Å². The van der Waals surface area contributed by atoms with E-state index >= 15 is 0 Å². The van der Waals surface area contributed by atoms with Crippen LogP contribution in [0.1, 0.15) is 19.0 Å². The Balaban J connectivity index is 1.84. The van der Waals surface area contributed by atoms with Crippen LogP contribution < -0.4 is 5.32 Å². The third-order valence-corrected chi connectivity index (χ3v) is 4.23. The number of para-hydroxylation sites is 1. The summed E-state index contributed by atoms with van der Waals surface area (Å²) < 4.78 is 7.66. The first kappa shape index (κ1) is 13.6. The van der Waals surface area contributed by atoms with Gasteiger partial charge in [-0.15, -0.1) is 0 Å². The molecule has 2 unspecified atom stereocenters. The lowest BCUT2D eigenvalue weighted by molar-refractivity contribution is 0.0324. The molecule has 0 radical (unpaired) electrons. The van der Waals surface area contributed by atoms with E-state index in [4.69, 9.17) is 9.84 Å². The molecule has 108 valence electrons. The molecular formula is C16H23N3O. The van der Waals surface area contributed by atoms with Crippen LogP contribution in [0.5, 0.6) is 0 Å². The minimum absolute atomic E-state index is 0.516. The third-order valence-electron chi connectivity index (χ3n) is 4.23. The predicted molar refractivity (Wildman–Crippen MR) is 80.8 cm³/mol. The molecule has 0 saturated carbocycles. The van der Waals surface area contributed by atoms with E-state index in [-0.39, 0.29) is 0 Å². The van der Waals surface area contributed by atoms with Gasteiger partial charge < -0.3 is 10.1 Å². The van der Waals surface area contributed by atoms with Crippen molar-refractivity contribution in [3.8, 4) is 0 Å². The van der Waals surface area contributed by atoms with Gasteiger partial charge in [0, 0.05) is 31.0 Å². The number of hydrogen-bond acceptors (Lipinski definition) is 3. The summed E-state index contributed by atoms with van der Waals surface area (Å²) in [6.45, 7) is 4.90. The van der Waals surface area contributed by atoms with E-state index in [0.29, 0.717) is 12.0 Å². The molecule has 4 nitrogen and oxygen atoms in total. The van der Waals surface area contributed by atoms with Crippen LogP contribution in [0.3, 0.4) is 0 Å². The highest BCUT2D eigenvalue weighted by atomic mass is 16.5. The van der Waals surface area contributed by atoms with Gasteiger partial charge in [-0.3, -0.25) is 4.68 Å². The second-order valence-electron chi connectivity index (χ2n) is 5.58. The van der Waals surface area contributed by atoms with Crippen LogP contribution in [-0.2, 0) is 18.2 Å². The molecule has 2 heterocycles. The fourth-order valence-electron chi connectivity index (χ4n) is 3.22. The number of aromatic nitrogens is 2. The Morgan fingerprint density at radius 3 is 3.10 bits per heavy atom. The van der Waals surface area contributed by atoms with Gasteiger partial charge in [0.25, 0.3) is 0 Å². The van der Waals surface area contributed by atoms with Gasteiger partial charge >= 0.3 is 0 Å². The summed E-state index contributed by atoms with van der Waals surface area (Å²) in [5, 5.41) is 9.58. The fourth-order valence-corrected chi connectivity index (χ4v) is 3.22. The van der Waals surface area contributed by atoms with E-state index in [1.807, 2.05) is 11.7 Å². The summed E-state index contributed by atoms with van der Waals surface area (Å²) in [6, 6.07) is 9.01. The third kappa shape index (κ3) is 2.58. The molecule has 0 spiro atoms. The van der Waals surface area contributed by atoms with Gasteiger partial charge in [0.15, 0.2) is 0 Å². The molecule has 0 aliphatic carbocycles. The maximum atomic E-state index is 5.68. The highest BCUT2D eigenvalue weighted by Gasteiger charge is 2.26. The number of hydrogen-bond donors (Lipinski definition) is 1. The van der Waals surface area contributed by atoms with Crippen molar-refractivity contribution in [2.45, 2.75) is 25.8 Å². The van der Waals surface area contributed by atoms with E-state index in [2.05, 4.69) is 36.5 Å². The Bertz CT molecular complexity index is 576. The molecule has 1 N–H and O–H groups in total. The van der Waals surface area contributed by atoms with Crippen LogP contribution in [0.4, 0.5) is 0 Å². The van der Waals surface area contributed by atoms with Gasteiger partial charge in [0.1, 0.15) is 0 Å². The average molecular weight is 273 g/mol. The van der Waals surface area contributed by atoms with Crippen LogP contribution >= 0.6 is 0 Å². The topological polar surface area (TPSA) is 39.1 Å². The summed E-state index contributed by atoms with van der Waals surface area (Å²) in [5.41, 5.74) is 2.40. The molecule has 1 aromatic carbocycles. The molecule has 2 atom stereocenters. The Morgan fingerprint density at radius 2 is 2.25 bits per heavy atom. The SMILES string of the molecule is CCNC1CCOCC1Cc1nn(C)c2ccccc12. The highest BCUT2D eigenvalue weighted by Crippen LogP contribution is 2.24. The van der Waals surface area contributed by atoms with E-state index in [9.17, 15) is 0 Å². The Hall–Kier alpha value is -1.39. The molecule has 1 fully saturated rings. The number of aryl methyl sites for hydroxylation is 1. The molecule has 1 aliphatic rings. The second kappa shape index (κ2) is 5.94. The van der Waals surface area contributed by atoms with Gasteiger partial charge in [-0.1, -0.05) is 25.1 Å². The van der Waals surface area contributed by atoms with Gasteiger partial charge in [0.2, 0.25) is 0 Å². The smallest absolute Gasteiger partial charge is 0.0707 e. The average Bonchev–Trinajstić information content (AvgIpc) is 2.79. The van der Waals surface area contributed by atoms with Crippen molar-refractivity contribution in [2.24, 2.45) is 13.0 Å². The van der Waals surface area contributed by atoms with Crippen LogP contribution in [-0.4, -0.2) is 35.6 Å². The molecule has 4 heteroatoms. The minimum Gasteiger partial charge on any atom is -0.381 e. The largest absolute Gasteiger partial charge is 0.381 e. The summed E-state index contributed by atoms with van der Waals surface area (Å²) in [7, 11) is 2.02. The standard InChI is InChI=1S/C16H23N3O/c1-3-17-14-8-9-20-11-12(14)10-15-13-6-4-5-7-16(13)19(2)18-15/h4-7,12,14,17H,3,8-11H2,1-2H3. The summed E-state index contributed by atoms with van der Waals surface area (Å²) in [5.74, 6) is 0.516. The zero-order valence-electron chi connectivity index (χ0n) is 12.3. The van der Waals surface area contributed by atoms with Crippen LogP contribution in [0.15, 0.2) is 24.3 Å². The maximum Gasteiger partial charge on any atom is 0.0707 e. The van der Waals surface area contributed by atoms with Crippen molar-refractivity contribution in [3.05, 3.63) is 30.0 Å². The van der Waals surface area contributed by atoms with E-state index in [0.717, 1.165) is 32.6 Å². The van der Waals surface area contributed by atoms with Crippen molar-refractivity contribution in [2.75, 3.05) is 19.8 Å². The first-order valence-electron chi connectivity index (χ1n) is 7.51. The molecule has 1 saturated heterocycles. The molecule has 1 aliphatic heterocycles. The molecule has 0 bridgehead atoms. The molecule has 3 rings (SSSR count). The fraction of sp³-hybridized carbons (Fsp3) is 0.562. The number of nitrogens with one attached hydrogen (secondary N) is 1. The van der Waals surface area contributed by atoms with Crippen molar-refractivity contribution in [1.29, 1.82) is 0 Å². The summed E-state index contributed by atoms with van der Waals surface area (Å²) in [4.78, 5) is 0. The van der Waals surface area contributed by atoms with Crippen molar-refractivity contribution < 1.29 is 4.74 Å². The Morgan fingerprint density at radius 1 is 1.40 bits per heavy atom. The molecule has 0 amide bonds. The van der Waals surface area contributed by atoms with Crippen LogP contribution in [0.2, 0.25) is 0 Å². The van der Waals surface area contributed by atoms with Gasteiger partial charge in [-0.05, 0) is 25.5 Å². The number of ether oxygens (including phenoxy) is 1. The maximum absolute atomic E-state index is 5.68. The predicted octanol–water partition coefficient (Wildman–Crippen LogP) is 2.13. The molecule has 1 aromatic heterocycles. The monoisotopic (exact) mass is 273 g/mol. The lowest BCUT2D eigenvalue weighted by Gasteiger charge is -2.31. The zero-order chi connectivity index (χ0) is 13.9. The van der Waals surface area contributed by atoms with E-state index in [1.54, 1.807) is 0 Å². The van der Waals surface area contributed by atoms with Gasteiger partial charge in [0.05, 0.1) is 17.8 Å². The van der Waals surface area contributed by atoms with E-state index < -0.39 is 0 Å². The Labute approximate surface area is 120 Å². The lowest BCUT2D eigenvalue weighted by Crippen LogP contribution is -2.43. The van der Waals surface area contributed by atoms with Crippen molar-refractivity contribution in [1.82, 2.24) is 15.1 Å². The first-order valence-corrected chi connectivity index (χ1v) is 7.51. The summed E-state index contributed by atoms with van der Waals surface area (Å²) >= 11 is 0. The van der Waals surface area contributed by atoms with E-state index in [1.165, 1.54) is 16.6 Å². The number of benzene rings is 1. The van der Waals surface area contributed by atoms with Crippen LogP contribution in [0, 0.1) is 5.92 Å². The van der Waals surface area contributed by atoms with Crippen LogP contribution in [0.25, 0.3) is 10.9 Å². The quantitative estimate of drug-likeness (QED) is 0.927. The molecule has 2 aromatic rings. The normalized spacial score (nSPS) is 23.3. The Kier molecular flexibility index (Phi) is 4.03.